The molecule has 1 aromatic rings. The molecule has 1 aromatic carbocycles. The third-order valence-electron chi connectivity index (χ3n) is 3.25. The van der Waals surface area contributed by atoms with Crippen molar-refractivity contribution >= 4 is 11.6 Å². The Kier molecular flexibility index (Phi) is 4.24. The summed E-state index contributed by atoms with van der Waals surface area (Å²) >= 11 is 5.90. The van der Waals surface area contributed by atoms with Crippen LogP contribution in [-0.4, -0.2) is 20.2 Å². The molecule has 1 atom stereocenters. The summed E-state index contributed by atoms with van der Waals surface area (Å²) in [6.45, 7) is 2.03. The number of benzene rings is 1. The fourth-order valence-corrected chi connectivity index (χ4v) is 2.56. The maximum absolute atomic E-state index is 14.0. The van der Waals surface area contributed by atoms with Crippen molar-refractivity contribution in [3.8, 4) is 5.75 Å². The average molecular weight is 258 g/mol. The van der Waals surface area contributed by atoms with E-state index in [9.17, 15) is 4.39 Å². The molecule has 1 saturated heterocycles. The molecule has 4 heteroatoms. The molecule has 0 radical (unpaired) electrons. The third kappa shape index (κ3) is 2.90. The van der Waals surface area contributed by atoms with Crippen LogP contribution in [0, 0.1) is 11.7 Å². The molecule has 1 aliphatic rings. The Morgan fingerprint density at radius 3 is 3.00 bits per heavy atom. The van der Waals surface area contributed by atoms with E-state index in [1.54, 1.807) is 12.1 Å². The standard InChI is InChI=1S/C13H17ClFNO/c1-17-11-5-4-10(13(15)12(11)14)7-9-3-2-6-16-8-9/h4-5,9,16H,2-3,6-8H2,1H3. The van der Waals surface area contributed by atoms with E-state index in [1.165, 1.54) is 7.11 Å². The van der Waals surface area contributed by atoms with Gasteiger partial charge in [-0.3, -0.25) is 0 Å². The van der Waals surface area contributed by atoms with Gasteiger partial charge >= 0.3 is 0 Å². The zero-order chi connectivity index (χ0) is 12.3. The number of ether oxygens (including phenoxy) is 1. The van der Waals surface area contributed by atoms with E-state index < -0.39 is 0 Å². The van der Waals surface area contributed by atoms with Crippen LogP contribution >= 0.6 is 11.6 Å². The van der Waals surface area contributed by atoms with E-state index in [0.717, 1.165) is 32.4 Å². The molecule has 1 unspecified atom stereocenters. The van der Waals surface area contributed by atoms with Crippen molar-refractivity contribution in [2.75, 3.05) is 20.2 Å². The van der Waals surface area contributed by atoms with Crippen LogP contribution in [0.4, 0.5) is 4.39 Å². The van der Waals surface area contributed by atoms with E-state index in [4.69, 9.17) is 16.3 Å². The number of hydrogen-bond donors (Lipinski definition) is 1. The van der Waals surface area contributed by atoms with Gasteiger partial charge in [0.25, 0.3) is 0 Å². The van der Waals surface area contributed by atoms with E-state index in [1.807, 2.05) is 0 Å². The fourth-order valence-electron chi connectivity index (χ4n) is 2.30. The Hall–Kier alpha value is -0.800. The van der Waals surface area contributed by atoms with Crippen LogP contribution in [0.25, 0.3) is 0 Å². The normalized spacial score (nSPS) is 20.3. The minimum atomic E-state index is -0.336. The number of piperidine rings is 1. The van der Waals surface area contributed by atoms with Crippen LogP contribution in [0.5, 0.6) is 5.75 Å². The first-order valence-corrected chi connectivity index (χ1v) is 6.31. The molecule has 94 valence electrons. The lowest BCUT2D eigenvalue weighted by atomic mass is 9.92. The summed E-state index contributed by atoms with van der Waals surface area (Å²) in [6.07, 6.45) is 3.05. The highest BCUT2D eigenvalue weighted by atomic mass is 35.5. The fraction of sp³-hybridized carbons (Fsp3) is 0.538. The lowest BCUT2D eigenvalue weighted by Crippen LogP contribution is -2.31. The second kappa shape index (κ2) is 5.69. The molecule has 0 spiro atoms. The van der Waals surface area contributed by atoms with Crippen LogP contribution < -0.4 is 10.1 Å². The number of halogens is 2. The molecule has 1 N–H and O–H groups in total. The van der Waals surface area contributed by atoms with E-state index in [0.29, 0.717) is 17.2 Å². The van der Waals surface area contributed by atoms with Crippen molar-refractivity contribution in [2.45, 2.75) is 19.3 Å². The van der Waals surface area contributed by atoms with Crippen LogP contribution in [0.3, 0.4) is 0 Å². The highest BCUT2D eigenvalue weighted by Gasteiger charge is 2.18. The van der Waals surface area contributed by atoms with Crippen molar-refractivity contribution in [2.24, 2.45) is 5.92 Å². The molecule has 1 fully saturated rings. The predicted molar refractivity (Wildman–Crippen MR) is 67.3 cm³/mol. The zero-order valence-electron chi connectivity index (χ0n) is 9.93. The van der Waals surface area contributed by atoms with Gasteiger partial charge in [-0.05, 0) is 49.9 Å². The summed E-state index contributed by atoms with van der Waals surface area (Å²) in [6, 6.07) is 3.51. The summed E-state index contributed by atoms with van der Waals surface area (Å²) in [5.41, 5.74) is 0.685. The largest absolute Gasteiger partial charge is 0.495 e. The molecule has 2 nitrogen and oxygen atoms in total. The minimum Gasteiger partial charge on any atom is -0.495 e. The number of hydrogen-bond acceptors (Lipinski definition) is 2. The Labute approximate surface area is 106 Å². The lowest BCUT2D eigenvalue weighted by Gasteiger charge is -2.23. The molecule has 0 amide bonds. The first-order valence-electron chi connectivity index (χ1n) is 5.94. The lowest BCUT2D eigenvalue weighted by molar-refractivity contribution is 0.370. The minimum absolute atomic E-state index is 0.0915. The summed E-state index contributed by atoms with van der Waals surface area (Å²) in [7, 11) is 1.49. The molecule has 1 aliphatic heterocycles. The second-order valence-electron chi connectivity index (χ2n) is 4.47. The third-order valence-corrected chi connectivity index (χ3v) is 3.61. The van der Waals surface area contributed by atoms with Gasteiger partial charge in [-0.2, -0.15) is 0 Å². The van der Waals surface area contributed by atoms with Gasteiger partial charge in [0.15, 0.2) is 0 Å². The van der Waals surface area contributed by atoms with Crippen molar-refractivity contribution in [3.63, 3.8) is 0 Å². The molecule has 0 bridgehead atoms. The van der Waals surface area contributed by atoms with E-state index >= 15 is 0 Å². The molecular formula is C13H17ClFNO. The number of rotatable bonds is 3. The van der Waals surface area contributed by atoms with Crippen molar-refractivity contribution in [1.29, 1.82) is 0 Å². The maximum atomic E-state index is 14.0. The summed E-state index contributed by atoms with van der Waals surface area (Å²) in [4.78, 5) is 0. The van der Waals surface area contributed by atoms with Gasteiger partial charge in [-0.15, -0.1) is 0 Å². The van der Waals surface area contributed by atoms with Crippen molar-refractivity contribution < 1.29 is 9.13 Å². The van der Waals surface area contributed by atoms with Crippen molar-refractivity contribution in [1.82, 2.24) is 5.32 Å². The summed E-state index contributed by atoms with van der Waals surface area (Å²) < 4.78 is 19.0. The average Bonchev–Trinajstić information content (AvgIpc) is 2.37. The predicted octanol–water partition coefficient (Wildman–Crippen LogP) is 3.03. The highest BCUT2D eigenvalue weighted by Crippen LogP contribution is 2.30. The zero-order valence-corrected chi connectivity index (χ0v) is 10.7. The van der Waals surface area contributed by atoms with Gasteiger partial charge in [-0.1, -0.05) is 17.7 Å². The van der Waals surface area contributed by atoms with Crippen LogP contribution in [0.2, 0.25) is 5.02 Å². The molecule has 17 heavy (non-hydrogen) atoms. The van der Waals surface area contributed by atoms with Crippen LogP contribution in [0.1, 0.15) is 18.4 Å². The monoisotopic (exact) mass is 257 g/mol. The summed E-state index contributed by atoms with van der Waals surface area (Å²) in [5.74, 6) is 0.564. The van der Waals surface area contributed by atoms with Gasteiger partial charge in [0.1, 0.15) is 16.6 Å². The molecule has 0 saturated carbocycles. The SMILES string of the molecule is COc1ccc(CC2CCCNC2)c(F)c1Cl. The summed E-state index contributed by atoms with van der Waals surface area (Å²) in [5, 5.41) is 3.42. The first kappa shape index (κ1) is 12.7. The van der Waals surface area contributed by atoms with Crippen molar-refractivity contribution in [3.05, 3.63) is 28.5 Å². The van der Waals surface area contributed by atoms with Gasteiger partial charge in [-0.25, -0.2) is 4.39 Å². The number of nitrogens with one attached hydrogen (secondary N) is 1. The Morgan fingerprint density at radius 2 is 2.35 bits per heavy atom. The Balaban J connectivity index is 2.12. The number of methoxy groups -OCH3 is 1. The Bertz CT molecular complexity index is 391. The van der Waals surface area contributed by atoms with Gasteiger partial charge < -0.3 is 10.1 Å². The second-order valence-corrected chi connectivity index (χ2v) is 4.85. The Morgan fingerprint density at radius 1 is 1.53 bits per heavy atom. The molecule has 2 rings (SSSR count). The molecular weight excluding hydrogens is 241 g/mol. The molecule has 0 aromatic heterocycles. The molecule has 0 aliphatic carbocycles. The van der Waals surface area contributed by atoms with Gasteiger partial charge in [0.05, 0.1) is 7.11 Å². The van der Waals surface area contributed by atoms with Crippen LogP contribution in [0.15, 0.2) is 12.1 Å². The topological polar surface area (TPSA) is 21.3 Å². The van der Waals surface area contributed by atoms with Crippen LogP contribution in [-0.2, 0) is 6.42 Å². The first-order chi connectivity index (χ1) is 8.22. The maximum Gasteiger partial charge on any atom is 0.148 e. The van der Waals surface area contributed by atoms with Gasteiger partial charge in [0, 0.05) is 0 Å². The quantitative estimate of drug-likeness (QED) is 0.899. The molecule has 1 heterocycles. The van der Waals surface area contributed by atoms with Gasteiger partial charge in [0.2, 0.25) is 0 Å². The van der Waals surface area contributed by atoms with E-state index in [2.05, 4.69) is 5.32 Å². The highest BCUT2D eigenvalue weighted by molar-refractivity contribution is 6.32. The van der Waals surface area contributed by atoms with E-state index in [-0.39, 0.29) is 10.8 Å². The smallest absolute Gasteiger partial charge is 0.148 e.